The largest absolute Gasteiger partial charge is 0.253 e. The zero-order valence-electron chi connectivity index (χ0n) is 21.4. The Bertz CT molecular complexity index is 673. The number of aryl methyl sites for hydroxylation is 1. The van der Waals surface area contributed by atoms with Crippen LogP contribution in [0.2, 0.25) is 0 Å². The van der Waals surface area contributed by atoms with Crippen LogP contribution in [0.5, 0.6) is 0 Å². The summed E-state index contributed by atoms with van der Waals surface area (Å²) < 4.78 is 4.79. The number of rotatable bonds is 20. The van der Waals surface area contributed by atoms with Crippen LogP contribution in [0.4, 0.5) is 0 Å². The molecule has 0 bridgehead atoms. The minimum absolute atomic E-state index is 0.971. The monoisotopic (exact) mass is 439 g/mol. The molecule has 2 heteroatoms. The van der Waals surface area contributed by atoms with Gasteiger partial charge in [0.05, 0.1) is 6.54 Å². The van der Waals surface area contributed by atoms with Crippen LogP contribution in [0.15, 0.2) is 42.7 Å². The van der Waals surface area contributed by atoms with E-state index in [1.165, 1.54) is 121 Å². The highest BCUT2D eigenvalue weighted by molar-refractivity contribution is 5.15. The highest BCUT2D eigenvalue weighted by atomic mass is 15.1. The number of nitrogens with zero attached hydrogens (tertiary/aromatic N) is 2. The predicted molar refractivity (Wildman–Crippen MR) is 139 cm³/mol. The first-order valence-electron chi connectivity index (χ1n) is 13.9. The summed E-state index contributed by atoms with van der Waals surface area (Å²) in [6.45, 7) is 6.68. The van der Waals surface area contributed by atoms with Gasteiger partial charge in [0.15, 0.2) is 0 Å². The normalized spacial score (nSPS) is 11.3. The molecular formula is C30H51N2+. The first kappa shape index (κ1) is 26.7. The van der Waals surface area contributed by atoms with Crippen molar-refractivity contribution >= 4 is 0 Å². The number of imidazole rings is 1. The number of hydrogen-bond donors (Lipinski definition) is 0. The molecule has 32 heavy (non-hydrogen) atoms. The predicted octanol–water partition coefficient (Wildman–Crippen LogP) is 8.78. The van der Waals surface area contributed by atoms with Gasteiger partial charge in [0.25, 0.3) is 5.82 Å². The summed E-state index contributed by atoms with van der Waals surface area (Å²) in [5, 5.41) is 0. The second-order valence-corrected chi connectivity index (χ2v) is 9.81. The Morgan fingerprint density at radius 2 is 1.09 bits per heavy atom. The highest BCUT2D eigenvalue weighted by Crippen LogP contribution is 2.14. The van der Waals surface area contributed by atoms with Crippen molar-refractivity contribution in [3.63, 3.8) is 0 Å². The van der Waals surface area contributed by atoms with E-state index in [1.807, 2.05) is 0 Å². The third-order valence-electron chi connectivity index (χ3n) is 6.96. The van der Waals surface area contributed by atoms with Gasteiger partial charge in [0, 0.05) is 6.92 Å². The lowest BCUT2D eigenvalue weighted by atomic mass is 10.0. The minimum Gasteiger partial charge on any atom is -0.234 e. The van der Waals surface area contributed by atoms with E-state index in [-0.39, 0.29) is 0 Å². The molecule has 0 amide bonds. The topological polar surface area (TPSA) is 8.81 Å². The molecule has 0 fully saturated rings. The van der Waals surface area contributed by atoms with Crippen LogP contribution < -0.4 is 4.57 Å². The molecule has 0 aliphatic carbocycles. The molecule has 2 nitrogen and oxygen atoms in total. The van der Waals surface area contributed by atoms with Gasteiger partial charge in [-0.1, -0.05) is 134 Å². The lowest BCUT2D eigenvalue weighted by molar-refractivity contribution is -0.702. The third kappa shape index (κ3) is 11.9. The first-order valence-corrected chi connectivity index (χ1v) is 13.9. The molecule has 1 aromatic heterocycles. The van der Waals surface area contributed by atoms with Crippen molar-refractivity contribution in [3.05, 3.63) is 54.1 Å². The van der Waals surface area contributed by atoms with Gasteiger partial charge >= 0.3 is 0 Å². The highest BCUT2D eigenvalue weighted by Gasteiger charge is 2.11. The fourth-order valence-electron chi connectivity index (χ4n) is 4.73. The van der Waals surface area contributed by atoms with Crippen LogP contribution in [-0.4, -0.2) is 4.57 Å². The van der Waals surface area contributed by atoms with Crippen molar-refractivity contribution in [1.29, 1.82) is 0 Å². The van der Waals surface area contributed by atoms with E-state index in [0.29, 0.717) is 0 Å². The van der Waals surface area contributed by atoms with Gasteiger partial charge in [0.2, 0.25) is 0 Å². The van der Waals surface area contributed by atoms with Crippen molar-refractivity contribution in [3.8, 4) is 0 Å². The molecule has 0 saturated heterocycles. The van der Waals surface area contributed by atoms with Crippen molar-refractivity contribution in [2.24, 2.45) is 0 Å². The van der Waals surface area contributed by atoms with Gasteiger partial charge in [-0.2, -0.15) is 0 Å². The van der Waals surface area contributed by atoms with E-state index in [4.69, 9.17) is 0 Å². The van der Waals surface area contributed by atoms with E-state index in [1.54, 1.807) is 0 Å². The van der Waals surface area contributed by atoms with Crippen molar-refractivity contribution in [1.82, 2.24) is 4.57 Å². The van der Waals surface area contributed by atoms with Crippen LogP contribution in [0.1, 0.15) is 127 Å². The SMILES string of the molecule is CCCCCCCCCCCCCCCCCCC[n+]1ccn(Cc2ccccc2)c1C. The average Bonchev–Trinajstić information content (AvgIpc) is 3.15. The van der Waals surface area contributed by atoms with E-state index < -0.39 is 0 Å². The Hall–Kier alpha value is -1.57. The summed E-state index contributed by atoms with van der Waals surface area (Å²) in [4.78, 5) is 0. The Labute approximate surface area is 199 Å². The van der Waals surface area contributed by atoms with E-state index >= 15 is 0 Å². The van der Waals surface area contributed by atoms with Crippen LogP contribution in [0.25, 0.3) is 0 Å². The van der Waals surface area contributed by atoms with Crippen LogP contribution in [0, 0.1) is 6.92 Å². The number of unbranched alkanes of at least 4 members (excludes halogenated alkanes) is 16. The lowest BCUT2D eigenvalue weighted by Gasteiger charge is -2.04. The summed E-state index contributed by atoms with van der Waals surface area (Å²) in [5.41, 5.74) is 1.37. The standard InChI is InChI=1S/C30H51N2/c1-3-4-5-6-7-8-9-10-11-12-13-14-15-16-17-18-22-25-31-26-27-32(29(31)2)28-30-23-20-19-21-24-30/h19-21,23-24,26-27H,3-18,22,25,28H2,1-2H3/q+1. The number of aromatic nitrogens is 2. The Kier molecular flexibility index (Phi) is 14.9. The van der Waals surface area contributed by atoms with Gasteiger partial charge in [-0.25, -0.2) is 9.13 Å². The van der Waals surface area contributed by atoms with Gasteiger partial charge in [-0.05, 0) is 18.4 Å². The Morgan fingerprint density at radius 1 is 0.625 bits per heavy atom. The Morgan fingerprint density at radius 3 is 1.59 bits per heavy atom. The van der Waals surface area contributed by atoms with Crippen molar-refractivity contribution in [2.75, 3.05) is 0 Å². The quantitative estimate of drug-likeness (QED) is 0.144. The fraction of sp³-hybridized carbons (Fsp3) is 0.700. The maximum atomic E-state index is 2.42. The van der Waals surface area contributed by atoms with Crippen LogP contribution >= 0.6 is 0 Å². The molecule has 1 aromatic carbocycles. The molecule has 2 aromatic rings. The third-order valence-corrected chi connectivity index (χ3v) is 6.96. The van der Waals surface area contributed by atoms with Gasteiger partial charge in [0.1, 0.15) is 18.9 Å². The van der Waals surface area contributed by atoms with Crippen LogP contribution in [0.3, 0.4) is 0 Å². The van der Waals surface area contributed by atoms with Crippen molar-refractivity contribution in [2.45, 2.75) is 136 Å². The molecule has 0 spiro atoms. The Balaban J connectivity index is 1.38. The molecular weight excluding hydrogens is 388 g/mol. The molecule has 0 atom stereocenters. The zero-order chi connectivity index (χ0) is 22.7. The maximum absolute atomic E-state index is 2.42. The molecule has 2 rings (SSSR count). The molecule has 0 unspecified atom stereocenters. The van der Waals surface area contributed by atoms with Gasteiger partial charge < -0.3 is 0 Å². The summed E-state index contributed by atoms with van der Waals surface area (Å²) in [7, 11) is 0. The fourth-order valence-corrected chi connectivity index (χ4v) is 4.73. The van der Waals surface area contributed by atoms with Crippen molar-refractivity contribution < 1.29 is 4.57 Å². The zero-order valence-corrected chi connectivity index (χ0v) is 21.4. The minimum atomic E-state index is 0.971. The lowest BCUT2D eigenvalue weighted by Crippen LogP contribution is -2.35. The van der Waals surface area contributed by atoms with Gasteiger partial charge in [-0.3, -0.25) is 0 Å². The summed E-state index contributed by atoms with van der Waals surface area (Å²) in [6, 6.07) is 10.8. The molecule has 0 aliphatic rings. The number of benzene rings is 1. The second kappa shape index (κ2) is 17.9. The first-order chi connectivity index (χ1) is 15.8. The molecule has 0 N–H and O–H groups in total. The molecule has 0 radical (unpaired) electrons. The second-order valence-electron chi connectivity index (χ2n) is 9.81. The number of hydrogen-bond acceptors (Lipinski definition) is 0. The van der Waals surface area contributed by atoms with E-state index in [0.717, 1.165) is 13.1 Å². The average molecular weight is 440 g/mol. The van der Waals surface area contributed by atoms with Gasteiger partial charge in [-0.15, -0.1) is 0 Å². The maximum Gasteiger partial charge on any atom is 0.253 e. The molecule has 180 valence electrons. The summed E-state index contributed by atoms with van der Waals surface area (Å²) in [5.74, 6) is 1.37. The molecule has 0 saturated carbocycles. The van der Waals surface area contributed by atoms with E-state index in [9.17, 15) is 0 Å². The molecule has 0 aliphatic heterocycles. The van der Waals surface area contributed by atoms with Crippen LogP contribution in [-0.2, 0) is 13.1 Å². The smallest absolute Gasteiger partial charge is 0.234 e. The van der Waals surface area contributed by atoms with E-state index in [2.05, 4.69) is 65.7 Å². The summed E-state index contributed by atoms with van der Waals surface area (Å²) >= 11 is 0. The summed E-state index contributed by atoms with van der Waals surface area (Å²) in [6.07, 6.45) is 28.9. The molecule has 1 heterocycles.